The summed E-state index contributed by atoms with van der Waals surface area (Å²) in [7, 11) is 0. The van der Waals surface area contributed by atoms with Crippen molar-refractivity contribution in [3.05, 3.63) is 0 Å². The minimum Gasteiger partial charge on any atom is -0.0718 e. The van der Waals surface area contributed by atoms with Crippen LogP contribution in [0, 0.1) is 11.3 Å². The van der Waals surface area contributed by atoms with Gasteiger partial charge in [0.1, 0.15) is 0 Å². The van der Waals surface area contributed by atoms with Crippen LogP contribution in [-0.4, -0.2) is 3.23 Å². The van der Waals surface area contributed by atoms with Crippen molar-refractivity contribution >= 4 is 31.9 Å². The first kappa shape index (κ1) is 7.60. The fourth-order valence-corrected chi connectivity index (χ4v) is 4.54. The summed E-state index contributed by atoms with van der Waals surface area (Å²) in [5.74, 6) is 0.897. The molecular formula is C8H12Br2. The number of hydrogen-bond donors (Lipinski definition) is 0. The van der Waals surface area contributed by atoms with Crippen LogP contribution in [0.15, 0.2) is 0 Å². The summed E-state index contributed by atoms with van der Waals surface area (Å²) in [6, 6.07) is 0. The van der Waals surface area contributed by atoms with E-state index in [1.165, 1.54) is 25.7 Å². The zero-order valence-electron chi connectivity index (χ0n) is 6.16. The third-order valence-corrected chi connectivity index (χ3v) is 6.24. The Morgan fingerprint density at radius 1 is 1.30 bits per heavy atom. The maximum atomic E-state index is 3.75. The van der Waals surface area contributed by atoms with Gasteiger partial charge in [0.2, 0.25) is 0 Å². The minimum absolute atomic E-state index is 0.309. The van der Waals surface area contributed by atoms with E-state index >= 15 is 0 Å². The van der Waals surface area contributed by atoms with Crippen LogP contribution in [0.5, 0.6) is 0 Å². The van der Waals surface area contributed by atoms with E-state index in [0.717, 1.165) is 5.92 Å². The Morgan fingerprint density at radius 3 is 2.40 bits per heavy atom. The smallest absolute Gasteiger partial charge is 0.0718 e. The largest absolute Gasteiger partial charge is 0.0896 e. The van der Waals surface area contributed by atoms with E-state index < -0.39 is 0 Å². The summed E-state index contributed by atoms with van der Waals surface area (Å²) in [6.45, 7) is 2.39. The van der Waals surface area contributed by atoms with Gasteiger partial charge in [0, 0.05) is 0 Å². The van der Waals surface area contributed by atoms with Gasteiger partial charge in [-0.3, -0.25) is 0 Å². The number of alkyl halides is 2. The van der Waals surface area contributed by atoms with Gasteiger partial charge < -0.3 is 0 Å². The maximum absolute atomic E-state index is 3.75. The predicted molar refractivity (Wildman–Crippen MR) is 50.7 cm³/mol. The maximum Gasteiger partial charge on any atom is 0.0896 e. The van der Waals surface area contributed by atoms with Crippen molar-refractivity contribution in [3.8, 4) is 0 Å². The molecule has 2 rings (SSSR count). The molecule has 0 heterocycles. The summed E-state index contributed by atoms with van der Waals surface area (Å²) in [6.07, 6.45) is 5.66. The summed E-state index contributed by atoms with van der Waals surface area (Å²) < 4.78 is 0.309. The van der Waals surface area contributed by atoms with E-state index in [4.69, 9.17) is 0 Å². The van der Waals surface area contributed by atoms with E-state index in [1.807, 2.05) is 0 Å². The van der Waals surface area contributed by atoms with Crippen LogP contribution in [0.1, 0.15) is 32.6 Å². The van der Waals surface area contributed by atoms with Crippen LogP contribution in [0.4, 0.5) is 0 Å². The van der Waals surface area contributed by atoms with Crippen molar-refractivity contribution in [2.24, 2.45) is 11.3 Å². The molecule has 0 radical (unpaired) electrons. The third-order valence-electron chi connectivity index (χ3n) is 3.32. The standard InChI is InChI=1S/C8H12Br2/c1-7-5-3-2-4-6(7)8(7,9)10/h6H,2-5H2,1H3/t6-,7+/m1/s1. The van der Waals surface area contributed by atoms with Gasteiger partial charge in [0.25, 0.3) is 0 Å². The highest BCUT2D eigenvalue weighted by molar-refractivity contribution is 9.25. The normalized spacial score (nSPS) is 50.1. The molecule has 2 aliphatic carbocycles. The zero-order chi connectivity index (χ0) is 7.41. The molecule has 0 spiro atoms. The molecule has 2 saturated carbocycles. The summed E-state index contributed by atoms with van der Waals surface area (Å²) in [4.78, 5) is 0. The molecule has 0 bridgehead atoms. The van der Waals surface area contributed by atoms with Crippen LogP contribution < -0.4 is 0 Å². The van der Waals surface area contributed by atoms with Crippen molar-refractivity contribution in [1.29, 1.82) is 0 Å². The number of halogens is 2. The lowest BCUT2D eigenvalue weighted by Gasteiger charge is -2.15. The van der Waals surface area contributed by atoms with Crippen molar-refractivity contribution < 1.29 is 0 Å². The van der Waals surface area contributed by atoms with E-state index in [1.54, 1.807) is 0 Å². The molecule has 0 aromatic rings. The van der Waals surface area contributed by atoms with E-state index in [0.29, 0.717) is 8.65 Å². The molecule has 0 N–H and O–H groups in total. The molecule has 0 saturated heterocycles. The van der Waals surface area contributed by atoms with Gasteiger partial charge in [-0.15, -0.1) is 0 Å². The summed E-state index contributed by atoms with van der Waals surface area (Å²) in [5.41, 5.74) is 0.575. The third kappa shape index (κ3) is 0.726. The molecule has 2 fully saturated rings. The van der Waals surface area contributed by atoms with Crippen LogP contribution in [-0.2, 0) is 0 Å². The van der Waals surface area contributed by atoms with E-state index in [-0.39, 0.29) is 0 Å². The highest BCUT2D eigenvalue weighted by Gasteiger charge is 2.71. The predicted octanol–water partition coefficient (Wildman–Crippen LogP) is 3.68. The molecule has 0 nitrogen and oxygen atoms in total. The lowest BCUT2D eigenvalue weighted by molar-refractivity contribution is 0.366. The lowest BCUT2D eigenvalue weighted by atomic mass is 9.90. The molecule has 10 heavy (non-hydrogen) atoms. The average Bonchev–Trinajstić information content (AvgIpc) is 2.30. The SMILES string of the molecule is C[C@]12CCCC[C@H]1C2(Br)Br. The van der Waals surface area contributed by atoms with Gasteiger partial charge in [-0.1, -0.05) is 51.6 Å². The molecule has 0 aliphatic heterocycles. The van der Waals surface area contributed by atoms with Gasteiger partial charge in [0.05, 0.1) is 3.23 Å². The summed E-state index contributed by atoms with van der Waals surface area (Å²) >= 11 is 7.50. The van der Waals surface area contributed by atoms with Crippen LogP contribution >= 0.6 is 31.9 Å². The second kappa shape index (κ2) is 2.01. The first-order valence-corrected chi connectivity index (χ1v) is 5.55. The van der Waals surface area contributed by atoms with Gasteiger partial charge in [0.15, 0.2) is 0 Å². The first-order valence-electron chi connectivity index (χ1n) is 3.97. The Hall–Kier alpha value is 0.960. The molecule has 0 aromatic carbocycles. The topological polar surface area (TPSA) is 0 Å². The average molecular weight is 268 g/mol. The van der Waals surface area contributed by atoms with Gasteiger partial charge in [-0.05, 0) is 24.2 Å². The van der Waals surface area contributed by atoms with E-state index in [9.17, 15) is 0 Å². The number of hydrogen-bond acceptors (Lipinski definition) is 0. The molecular weight excluding hydrogens is 256 g/mol. The van der Waals surface area contributed by atoms with Crippen molar-refractivity contribution in [1.82, 2.24) is 0 Å². The highest BCUT2D eigenvalue weighted by atomic mass is 79.9. The summed E-state index contributed by atoms with van der Waals surface area (Å²) in [5, 5.41) is 0. The molecule has 58 valence electrons. The second-order valence-electron chi connectivity index (χ2n) is 3.84. The van der Waals surface area contributed by atoms with Crippen molar-refractivity contribution in [3.63, 3.8) is 0 Å². The molecule has 2 heteroatoms. The van der Waals surface area contributed by atoms with Gasteiger partial charge >= 0.3 is 0 Å². The fourth-order valence-electron chi connectivity index (χ4n) is 2.36. The van der Waals surface area contributed by atoms with Crippen molar-refractivity contribution in [2.75, 3.05) is 0 Å². The van der Waals surface area contributed by atoms with Crippen LogP contribution in [0.3, 0.4) is 0 Å². The zero-order valence-corrected chi connectivity index (χ0v) is 9.33. The number of rotatable bonds is 0. The Bertz CT molecular complexity index is 165. The second-order valence-corrected chi connectivity index (χ2v) is 7.40. The molecule has 2 atom stereocenters. The Labute approximate surface area is 79.0 Å². The Morgan fingerprint density at radius 2 is 2.00 bits per heavy atom. The molecule has 2 aliphatic rings. The first-order chi connectivity index (χ1) is 4.59. The lowest BCUT2D eigenvalue weighted by Crippen LogP contribution is -2.05. The van der Waals surface area contributed by atoms with Crippen molar-refractivity contribution in [2.45, 2.75) is 35.8 Å². The molecule has 0 unspecified atom stereocenters. The quantitative estimate of drug-likeness (QED) is 0.588. The van der Waals surface area contributed by atoms with Crippen LogP contribution in [0.2, 0.25) is 0 Å². The Balaban J connectivity index is 2.20. The molecule has 0 amide bonds. The molecule has 0 aromatic heterocycles. The fraction of sp³-hybridized carbons (Fsp3) is 1.00. The minimum atomic E-state index is 0.309. The van der Waals surface area contributed by atoms with Gasteiger partial charge in [-0.2, -0.15) is 0 Å². The highest BCUT2D eigenvalue weighted by Crippen LogP contribution is 2.76. The van der Waals surface area contributed by atoms with E-state index in [2.05, 4.69) is 38.8 Å². The number of fused-ring (bicyclic) bond motifs is 1. The monoisotopic (exact) mass is 266 g/mol. The Kier molecular flexibility index (Phi) is 1.53. The van der Waals surface area contributed by atoms with Gasteiger partial charge in [-0.25, -0.2) is 0 Å². The van der Waals surface area contributed by atoms with Crippen LogP contribution in [0.25, 0.3) is 0 Å².